The number of nitrogens with one attached hydrogen (secondary N) is 1. The largest absolute Gasteiger partial charge is 0.465 e. The molecule has 1 amide bonds. The molecule has 0 atom stereocenters. The van der Waals surface area contributed by atoms with E-state index >= 15 is 0 Å². The monoisotopic (exact) mass is 466 g/mol. The number of aromatic nitrogens is 1. The molecule has 12 heteroatoms. The summed E-state index contributed by atoms with van der Waals surface area (Å²) in [5.41, 5.74) is 0.139. The number of rotatable bonds is 6. The van der Waals surface area contributed by atoms with Gasteiger partial charge in [0.1, 0.15) is 5.03 Å². The van der Waals surface area contributed by atoms with Crippen LogP contribution in [0, 0.1) is 0 Å². The minimum atomic E-state index is -0.897. The summed E-state index contributed by atoms with van der Waals surface area (Å²) >= 11 is 7.96. The van der Waals surface area contributed by atoms with E-state index in [4.69, 9.17) is 21.1 Å². The maximum absolute atomic E-state index is 12.9. The molecule has 30 heavy (non-hydrogen) atoms. The number of hydrogen-bond donors (Lipinski definition) is 1. The maximum Gasteiger partial charge on any atom is 0.365 e. The quantitative estimate of drug-likeness (QED) is 0.299. The minimum Gasteiger partial charge on any atom is -0.465 e. The summed E-state index contributed by atoms with van der Waals surface area (Å²) in [5, 5.41) is 10.6. The Morgan fingerprint density at radius 2 is 1.97 bits per heavy atom. The van der Waals surface area contributed by atoms with Gasteiger partial charge in [0.25, 0.3) is 5.91 Å². The van der Waals surface area contributed by atoms with Gasteiger partial charge >= 0.3 is 11.9 Å². The number of hydrogen-bond acceptors (Lipinski definition) is 10. The molecule has 9 nitrogen and oxygen atoms in total. The molecule has 0 fully saturated rings. The van der Waals surface area contributed by atoms with Gasteiger partial charge in [-0.3, -0.25) is 10.1 Å². The van der Waals surface area contributed by atoms with E-state index in [0.717, 1.165) is 18.9 Å². The number of amides is 1. The van der Waals surface area contributed by atoms with Gasteiger partial charge < -0.3 is 9.47 Å². The second kappa shape index (κ2) is 9.74. The fraction of sp³-hybridized carbons (Fsp3) is 0.167. The van der Waals surface area contributed by atoms with Crippen LogP contribution in [0.25, 0.3) is 0 Å². The highest BCUT2D eigenvalue weighted by Gasteiger charge is 2.36. The Balaban J connectivity index is 2.08. The van der Waals surface area contributed by atoms with Crippen LogP contribution in [0.3, 0.4) is 0 Å². The van der Waals surface area contributed by atoms with Crippen molar-refractivity contribution in [2.24, 2.45) is 5.10 Å². The van der Waals surface area contributed by atoms with E-state index in [1.807, 2.05) is 0 Å². The number of benzene rings is 1. The lowest BCUT2D eigenvalue weighted by molar-refractivity contribution is -0.137. The number of halogens is 1. The number of hydrazone groups is 1. The summed E-state index contributed by atoms with van der Waals surface area (Å²) < 4.78 is 9.81. The van der Waals surface area contributed by atoms with Gasteiger partial charge in [0.2, 0.25) is 5.04 Å². The van der Waals surface area contributed by atoms with Crippen molar-refractivity contribution in [2.45, 2.75) is 6.92 Å². The van der Waals surface area contributed by atoms with Crippen LogP contribution < -0.4 is 10.3 Å². The van der Waals surface area contributed by atoms with Gasteiger partial charge in [-0.25, -0.2) is 19.6 Å². The highest BCUT2D eigenvalue weighted by atomic mass is 35.5. The molecule has 2 heterocycles. The first-order chi connectivity index (χ1) is 14.4. The summed E-state index contributed by atoms with van der Waals surface area (Å²) in [6.07, 6.45) is 1.51. The Hall–Kier alpha value is -2.89. The van der Waals surface area contributed by atoms with Crippen molar-refractivity contribution in [1.29, 1.82) is 0 Å². The zero-order valence-electron chi connectivity index (χ0n) is 15.7. The van der Waals surface area contributed by atoms with Gasteiger partial charge in [0.15, 0.2) is 10.7 Å². The molecular formula is C18H15ClN4O5S2. The maximum atomic E-state index is 12.9. The zero-order valence-corrected chi connectivity index (χ0v) is 18.1. The Labute approximate surface area is 184 Å². The fourth-order valence-corrected chi connectivity index (χ4v) is 3.91. The first-order valence-electron chi connectivity index (χ1n) is 8.47. The smallest absolute Gasteiger partial charge is 0.365 e. The van der Waals surface area contributed by atoms with Crippen molar-refractivity contribution in [1.82, 2.24) is 4.98 Å². The third kappa shape index (κ3) is 4.81. The molecule has 1 aromatic carbocycles. The molecule has 156 valence electrons. The lowest BCUT2D eigenvalue weighted by Gasteiger charge is -2.18. The Morgan fingerprint density at radius 1 is 1.23 bits per heavy atom. The Kier molecular flexibility index (Phi) is 7.08. The number of thiazole rings is 1. The summed E-state index contributed by atoms with van der Waals surface area (Å²) in [5.74, 6) is -2.33. The third-order valence-electron chi connectivity index (χ3n) is 3.58. The van der Waals surface area contributed by atoms with E-state index in [-0.39, 0.29) is 22.3 Å². The summed E-state index contributed by atoms with van der Waals surface area (Å²) in [4.78, 5) is 41.6. The van der Waals surface area contributed by atoms with Crippen LogP contribution in [0.2, 0.25) is 5.02 Å². The molecule has 0 saturated heterocycles. The molecule has 1 N–H and O–H groups in total. The number of methoxy groups -OCH3 is 1. The first kappa shape index (κ1) is 21.8. The molecule has 0 aliphatic carbocycles. The average molecular weight is 467 g/mol. The van der Waals surface area contributed by atoms with Crippen LogP contribution in [-0.2, 0) is 23.9 Å². The van der Waals surface area contributed by atoms with E-state index in [1.165, 1.54) is 22.5 Å². The normalized spacial score (nSPS) is 14.8. The molecule has 0 saturated carbocycles. The van der Waals surface area contributed by atoms with E-state index in [1.54, 1.807) is 36.6 Å². The highest BCUT2D eigenvalue weighted by molar-refractivity contribution is 8.19. The number of esters is 2. The second-order valence-electron chi connectivity index (χ2n) is 5.48. The van der Waals surface area contributed by atoms with Gasteiger partial charge in [-0.1, -0.05) is 11.6 Å². The first-order valence-corrected chi connectivity index (χ1v) is 10.5. The number of anilines is 2. The number of thioether (sulfide) groups is 1. The minimum absolute atomic E-state index is 0.0368. The van der Waals surface area contributed by atoms with Gasteiger partial charge in [0.05, 0.1) is 19.4 Å². The van der Waals surface area contributed by atoms with Crippen LogP contribution in [0.15, 0.2) is 51.5 Å². The second-order valence-corrected chi connectivity index (χ2v) is 7.79. The number of ether oxygens (including phenoxy) is 2. The summed E-state index contributed by atoms with van der Waals surface area (Å²) in [6, 6.07) is 6.50. The summed E-state index contributed by atoms with van der Waals surface area (Å²) in [7, 11) is 1.15. The molecule has 0 bridgehead atoms. The lowest BCUT2D eigenvalue weighted by Crippen LogP contribution is -2.26. The van der Waals surface area contributed by atoms with Crippen molar-refractivity contribution >= 4 is 68.4 Å². The van der Waals surface area contributed by atoms with E-state index in [0.29, 0.717) is 15.8 Å². The predicted molar refractivity (Wildman–Crippen MR) is 115 cm³/mol. The molecule has 0 spiro atoms. The van der Waals surface area contributed by atoms with Gasteiger partial charge in [0, 0.05) is 16.6 Å². The molecule has 2 aromatic rings. The van der Waals surface area contributed by atoms with E-state index in [9.17, 15) is 14.4 Å². The standard InChI is InChI=1S/C18H15ClN4O5S2/c1-3-28-17(26)14-22-23(11-6-4-10(19)5-7-11)15(30-14)12(16(25)27-2)13(24)21-18-20-8-9-29-18/h4-9H,3H2,1-2H3,(H,20,21,24)/b15-12+. The van der Waals surface area contributed by atoms with Crippen LogP contribution in [-0.4, -0.2) is 41.6 Å². The number of nitrogens with zero attached hydrogens (tertiary/aromatic N) is 3. The number of carbonyl (C=O) groups excluding carboxylic acids is 3. The number of carbonyl (C=O) groups is 3. The van der Waals surface area contributed by atoms with Crippen molar-refractivity contribution in [2.75, 3.05) is 24.0 Å². The van der Waals surface area contributed by atoms with Crippen LogP contribution in [0.5, 0.6) is 0 Å². The van der Waals surface area contributed by atoms with Gasteiger partial charge in [-0.2, -0.15) is 5.10 Å². The molecule has 1 aliphatic rings. The van der Waals surface area contributed by atoms with Crippen molar-refractivity contribution in [3.05, 3.63) is 51.5 Å². The molecule has 1 aromatic heterocycles. The van der Waals surface area contributed by atoms with Crippen molar-refractivity contribution in [3.63, 3.8) is 0 Å². The molecular weight excluding hydrogens is 452 g/mol. The fourth-order valence-electron chi connectivity index (χ4n) is 2.30. The van der Waals surface area contributed by atoms with Crippen LogP contribution in [0.4, 0.5) is 10.8 Å². The van der Waals surface area contributed by atoms with Gasteiger partial charge in [-0.05, 0) is 43.0 Å². The Bertz CT molecular complexity index is 1020. The van der Waals surface area contributed by atoms with E-state index in [2.05, 4.69) is 15.4 Å². The predicted octanol–water partition coefficient (Wildman–Crippen LogP) is 3.25. The zero-order chi connectivity index (χ0) is 21.7. The van der Waals surface area contributed by atoms with Gasteiger partial charge in [-0.15, -0.1) is 11.3 Å². The molecule has 0 radical (unpaired) electrons. The highest BCUT2D eigenvalue weighted by Crippen LogP contribution is 2.38. The van der Waals surface area contributed by atoms with Crippen LogP contribution >= 0.6 is 34.7 Å². The lowest BCUT2D eigenvalue weighted by atomic mass is 10.2. The average Bonchev–Trinajstić information content (AvgIpc) is 3.39. The summed E-state index contributed by atoms with van der Waals surface area (Å²) in [6.45, 7) is 1.81. The van der Waals surface area contributed by atoms with Crippen molar-refractivity contribution in [3.8, 4) is 0 Å². The Morgan fingerprint density at radius 3 is 2.57 bits per heavy atom. The van der Waals surface area contributed by atoms with Crippen LogP contribution in [0.1, 0.15) is 6.92 Å². The molecule has 3 rings (SSSR count). The third-order valence-corrected chi connectivity index (χ3v) is 5.53. The SMILES string of the molecule is CCOC(=O)C1=NN(c2ccc(Cl)cc2)/C(=C(/C(=O)Nc2nccs2)C(=O)OC)S1. The topological polar surface area (TPSA) is 110 Å². The molecule has 0 unspecified atom stereocenters. The van der Waals surface area contributed by atoms with Crippen molar-refractivity contribution < 1.29 is 23.9 Å². The molecule has 1 aliphatic heterocycles. The van der Waals surface area contributed by atoms with E-state index < -0.39 is 17.8 Å².